The highest BCUT2D eigenvalue weighted by Crippen LogP contribution is 2.34. The third kappa shape index (κ3) is 3.38. The van der Waals surface area contributed by atoms with Gasteiger partial charge < -0.3 is 10.0 Å². The Bertz CT molecular complexity index is 482. The fourth-order valence-corrected chi connectivity index (χ4v) is 2.29. The van der Waals surface area contributed by atoms with Gasteiger partial charge in [-0.1, -0.05) is 37.3 Å². The lowest BCUT2D eigenvalue weighted by Gasteiger charge is -2.31. The van der Waals surface area contributed by atoms with Crippen LogP contribution in [0.1, 0.15) is 38.3 Å². The first-order valence-corrected chi connectivity index (χ1v) is 7.09. The molecule has 1 saturated carbocycles. The zero-order chi connectivity index (χ0) is 14.7. The maximum atomic E-state index is 12.4. The van der Waals surface area contributed by atoms with Crippen molar-refractivity contribution in [2.24, 2.45) is 11.8 Å². The third-order valence-electron chi connectivity index (χ3n) is 3.85. The van der Waals surface area contributed by atoms with Crippen molar-refractivity contribution in [3.8, 4) is 0 Å². The third-order valence-corrected chi connectivity index (χ3v) is 3.85. The van der Waals surface area contributed by atoms with Gasteiger partial charge in [-0.2, -0.15) is 0 Å². The molecule has 20 heavy (non-hydrogen) atoms. The molecule has 1 aliphatic carbocycles. The number of aliphatic carboxylic acids is 1. The van der Waals surface area contributed by atoms with Crippen LogP contribution in [0.15, 0.2) is 30.3 Å². The molecule has 2 unspecified atom stereocenters. The van der Waals surface area contributed by atoms with Crippen LogP contribution in [0, 0.1) is 11.8 Å². The van der Waals surface area contributed by atoms with Crippen molar-refractivity contribution in [3.05, 3.63) is 35.9 Å². The Kier molecular flexibility index (Phi) is 4.42. The summed E-state index contributed by atoms with van der Waals surface area (Å²) in [5.74, 6) is -1.22. The Morgan fingerprint density at radius 1 is 1.25 bits per heavy atom. The van der Waals surface area contributed by atoms with Crippen molar-refractivity contribution < 1.29 is 14.7 Å². The van der Waals surface area contributed by atoms with E-state index >= 15 is 0 Å². The van der Waals surface area contributed by atoms with Gasteiger partial charge in [0.2, 0.25) is 5.91 Å². The molecule has 0 aromatic heterocycles. The summed E-state index contributed by atoms with van der Waals surface area (Å²) in [6.07, 6.45) is 1.86. The van der Waals surface area contributed by atoms with Crippen LogP contribution in [-0.2, 0) is 9.59 Å². The average molecular weight is 275 g/mol. The summed E-state index contributed by atoms with van der Waals surface area (Å²) in [4.78, 5) is 25.2. The molecule has 4 nitrogen and oxygen atoms in total. The summed E-state index contributed by atoms with van der Waals surface area (Å²) in [5, 5.41) is 9.08. The normalized spacial score (nSPS) is 17.3. The van der Waals surface area contributed by atoms with E-state index in [4.69, 9.17) is 5.11 Å². The van der Waals surface area contributed by atoms with Gasteiger partial charge in [-0.05, 0) is 25.3 Å². The van der Waals surface area contributed by atoms with Gasteiger partial charge in [0.05, 0.1) is 12.0 Å². The van der Waals surface area contributed by atoms with Crippen molar-refractivity contribution in [2.45, 2.75) is 32.7 Å². The standard InChI is InChI=1S/C16H21NO3/c1-11(16(19)20)10-17(15(18)14-8-9-14)12(2)13-6-4-3-5-7-13/h3-7,11-12,14H,8-10H2,1-2H3,(H,19,20). The van der Waals surface area contributed by atoms with Crippen LogP contribution in [-0.4, -0.2) is 28.4 Å². The summed E-state index contributed by atoms with van der Waals surface area (Å²) in [5.41, 5.74) is 1.04. The Hall–Kier alpha value is -1.84. The van der Waals surface area contributed by atoms with Gasteiger partial charge in [0, 0.05) is 12.5 Å². The minimum atomic E-state index is -0.862. The van der Waals surface area contributed by atoms with Crippen molar-refractivity contribution >= 4 is 11.9 Å². The fourth-order valence-electron chi connectivity index (χ4n) is 2.29. The summed E-state index contributed by atoms with van der Waals surface area (Å²) in [6, 6.07) is 9.67. The van der Waals surface area contributed by atoms with Crippen LogP contribution in [0.2, 0.25) is 0 Å². The van der Waals surface area contributed by atoms with Crippen LogP contribution in [0.3, 0.4) is 0 Å². The molecule has 2 rings (SSSR count). The number of benzene rings is 1. The molecule has 1 aromatic rings. The van der Waals surface area contributed by atoms with Gasteiger partial charge in [0.25, 0.3) is 0 Å². The topological polar surface area (TPSA) is 57.6 Å². The lowest BCUT2D eigenvalue weighted by molar-refractivity contribution is -0.144. The number of amides is 1. The molecule has 1 fully saturated rings. The highest BCUT2D eigenvalue weighted by Gasteiger charge is 2.36. The molecule has 1 aromatic carbocycles. The number of hydrogen-bond donors (Lipinski definition) is 1. The molecule has 0 heterocycles. The van der Waals surface area contributed by atoms with Gasteiger partial charge in [0.15, 0.2) is 0 Å². The molecule has 1 N–H and O–H groups in total. The number of nitrogens with zero attached hydrogens (tertiary/aromatic N) is 1. The minimum Gasteiger partial charge on any atom is -0.481 e. The van der Waals surface area contributed by atoms with Gasteiger partial charge in [-0.3, -0.25) is 9.59 Å². The summed E-state index contributed by atoms with van der Waals surface area (Å²) < 4.78 is 0. The second-order valence-electron chi connectivity index (χ2n) is 5.59. The SMILES string of the molecule is CC(CN(C(=O)C1CC1)C(C)c1ccccc1)C(=O)O. The summed E-state index contributed by atoms with van der Waals surface area (Å²) >= 11 is 0. The van der Waals surface area contributed by atoms with Crippen molar-refractivity contribution in [1.82, 2.24) is 4.90 Å². The second-order valence-corrected chi connectivity index (χ2v) is 5.59. The van der Waals surface area contributed by atoms with Gasteiger partial charge in [-0.25, -0.2) is 0 Å². The van der Waals surface area contributed by atoms with E-state index in [9.17, 15) is 9.59 Å². The maximum Gasteiger partial charge on any atom is 0.308 e. The number of hydrogen-bond acceptors (Lipinski definition) is 2. The first kappa shape index (κ1) is 14.6. The van der Waals surface area contributed by atoms with Crippen LogP contribution in [0.4, 0.5) is 0 Å². The highest BCUT2D eigenvalue weighted by atomic mass is 16.4. The molecule has 0 bridgehead atoms. The number of carbonyl (C=O) groups is 2. The predicted octanol–water partition coefficient (Wildman–Crippen LogP) is 2.71. The first-order chi connectivity index (χ1) is 9.50. The van der Waals surface area contributed by atoms with Crippen molar-refractivity contribution in [1.29, 1.82) is 0 Å². The Balaban J connectivity index is 2.17. The predicted molar refractivity (Wildman–Crippen MR) is 76.1 cm³/mol. The quantitative estimate of drug-likeness (QED) is 0.868. The van der Waals surface area contributed by atoms with Crippen LogP contribution < -0.4 is 0 Å². The minimum absolute atomic E-state index is 0.0916. The average Bonchev–Trinajstić information content (AvgIpc) is 3.28. The van der Waals surface area contributed by atoms with E-state index in [0.29, 0.717) is 0 Å². The zero-order valence-corrected chi connectivity index (χ0v) is 12.0. The number of carboxylic acid groups (broad SMARTS) is 1. The number of carboxylic acids is 1. The van der Waals surface area contributed by atoms with E-state index < -0.39 is 11.9 Å². The molecule has 1 aliphatic rings. The van der Waals surface area contributed by atoms with E-state index in [1.54, 1.807) is 11.8 Å². The zero-order valence-electron chi connectivity index (χ0n) is 12.0. The first-order valence-electron chi connectivity index (χ1n) is 7.09. The summed E-state index contributed by atoms with van der Waals surface area (Å²) in [7, 11) is 0. The second kappa shape index (κ2) is 6.07. The fraction of sp³-hybridized carbons (Fsp3) is 0.500. The Labute approximate surface area is 119 Å². The van der Waals surface area contributed by atoms with Crippen molar-refractivity contribution in [3.63, 3.8) is 0 Å². The molecule has 0 aliphatic heterocycles. The highest BCUT2D eigenvalue weighted by molar-refractivity contribution is 5.82. The molecular weight excluding hydrogens is 254 g/mol. The van der Waals surface area contributed by atoms with E-state index in [2.05, 4.69) is 0 Å². The van der Waals surface area contributed by atoms with E-state index in [-0.39, 0.29) is 24.4 Å². The van der Waals surface area contributed by atoms with Gasteiger partial charge in [0.1, 0.15) is 0 Å². The number of carbonyl (C=O) groups excluding carboxylic acids is 1. The molecule has 0 radical (unpaired) electrons. The summed E-state index contributed by atoms with van der Waals surface area (Å²) in [6.45, 7) is 3.87. The molecular formula is C16H21NO3. The van der Waals surface area contributed by atoms with Crippen LogP contribution >= 0.6 is 0 Å². The van der Waals surface area contributed by atoms with E-state index in [1.807, 2.05) is 37.3 Å². The molecule has 108 valence electrons. The van der Waals surface area contributed by atoms with Gasteiger partial charge >= 0.3 is 5.97 Å². The monoisotopic (exact) mass is 275 g/mol. The largest absolute Gasteiger partial charge is 0.481 e. The Morgan fingerprint density at radius 3 is 2.35 bits per heavy atom. The molecule has 0 saturated heterocycles. The van der Waals surface area contributed by atoms with E-state index in [0.717, 1.165) is 18.4 Å². The molecule has 0 spiro atoms. The van der Waals surface area contributed by atoms with Crippen molar-refractivity contribution in [2.75, 3.05) is 6.54 Å². The molecule has 2 atom stereocenters. The lowest BCUT2D eigenvalue weighted by Crippen LogP contribution is -2.39. The lowest BCUT2D eigenvalue weighted by atomic mass is 10.0. The molecule has 4 heteroatoms. The number of rotatable bonds is 6. The Morgan fingerprint density at radius 2 is 1.85 bits per heavy atom. The van der Waals surface area contributed by atoms with E-state index in [1.165, 1.54) is 0 Å². The van der Waals surface area contributed by atoms with Crippen LogP contribution in [0.5, 0.6) is 0 Å². The maximum absolute atomic E-state index is 12.4. The molecule has 1 amide bonds. The van der Waals surface area contributed by atoms with Crippen LogP contribution in [0.25, 0.3) is 0 Å². The van der Waals surface area contributed by atoms with Gasteiger partial charge in [-0.15, -0.1) is 0 Å². The smallest absolute Gasteiger partial charge is 0.308 e.